The topological polar surface area (TPSA) is 66.9 Å². The Kier molecular flexibility index (Phi) is 6.54. The molecule has 0 aliphatic heterocycles. The van der Waals surface area contributed by atoms with Gasteiger partial charge in [0.1, 0.15) is 16.9 Å². The Morgan fingerprint density at radius 2 is 1.61 bits per heavy atom. The summed E-state index contributed by atoms with van der Waals surface area (Å²) in [4.78, 5) is 13.0. The molecule has 156 valence electrons. The summed E-state index contributed by atoms with van der Waals surface area (Å²) in [7, 11) is 0. The molecule has 0 saturated heterocycles. The van der Waals surface area contributed by atoms with Crippen LogP contribution in [0.4, 0.5) is 25.3 Å². The molecule has 0 spiro atoms. The first kappa shape index (κ1) is 21.0. The van der Waals surface area contributed by atoms with Crippen molar-refractivity contribution < 1.29 is 13.6 Å². The SMILES string of the molecule is O=C(Nc1ccc(F)cc1)C(Sc1nnc(Nc2ccccc2F)s1)c1ccccc1. The minimum absolute atomic E-state index is 0.276. The van der Waals surface area contributed by atoms with Gasteiger partial charge >= 0.3 is 0 Å². The highest BCUT2D eigenvalue weighted by molar-refractivity contribution is 8.02. The number of thioether (sulfide) groups is 1. The minimum atomic E-state index is -0.611. The molecule has 1 unspecified atom stereocenters. The molecule has 0 aliphatic carbocycles. The van der Waals surface area contributed by atoms with Crippen molar-refractivity contribution in [1.82, 2.24) is 10.2 Å². The van der Waals surface area contributed by atoms with E-state index in [0.717, 1.165) is 5.56 Å². The number of carbonyl (C=O) groups is 1. The molecule has 1 atom stereocenters. The third kappa shape index (κ3) is 5.44. The average molecular weight is 455 g/mol. The molecule has 0 saturated carbocycles. The summed E-state index contributed by atoms with van der Waals surface area (Å²) < 4.78 is 27.6. The fourth-order valence-electron chi connectivity index (χ4n) is 2.73. The lowest BCUT2D eigenvalue weighted by molar-refractivity contribution is -0.115. The van der Waals surface area contributed by atoms with Crippen molar-refractivity contribution in [1.29, 1.82) is 0 Å². The van der Waals surface area contributed by atoms with Crippen molar-refractivity contribution in [2.24, 2.45) is 0 Å². The summed E-state index contributed by atoms with van der Waals surface area (Å²) in [5.74, 6) is -1.05. The highest BCUT2D eigenvalue weighted by atomic mass is 32.2. The normalized spacial score (nSPS) is 11.7. The third-order valence-electron chi connectivity index (χ3n) is 4.19. The van der Waals surface area contributed by atoms with Gasteiger partial charge in [-0.25, -0.2) is 8.78 Å². The molecule has 4 rings (SSSR count). The second-order valence-electron chi connectivity index (χ2n) is 6.38. The zero-order valence-electron chi connectivity index (χ0n) is 16.0. The molecule has 1 aromatic heterocycles. The molecule has 1 amide bonds. The highest BCUT2D eigenvalue weighted by Gasteiger charge is 2.24. The number of anilines is 3. The molecule has 9 heteroatoms. The Labute approximate surface area is 185 Å². The van der Waals surface area contributed by atoms with E-state index in [2.05, 4.69) is 20.8 Å². The quantitative estimate of drug-likeness (QED) is 0.334. The van der Waals surface area contributed by atoms with Gasteiger partial charge in [-0.05, 0) is 42.0 Å². The maximum absolute atomic E-state index is 13.9. The maximum atomic E-state index is 13.9. The molecule has 4 aromatic rings. The van der Waals surface area contributed by atoms with E-state index in [1.165, 1.54) is 53.4 Å². The zero-order valence-corrected chi connectivity index (χ0v) is 17.6. The smallest absolute Gasteiger partial charge is 0.242 e. The van der Waals surface area contributed by atoms with Crippen LogP contribution in [0.3, 0.4) is 0 Å². The Morgan fingerprint density at radius 1 is 0.903 bits per heavy atom. The summed E-state index contributed by atoms with van der Waals surface area (Å²) in [6.07, 6.45) is 0. The second kappa shape index (κ2) is 9.67. The Morgan fingerprint density at radius 3 is 2.35 bits per heavy atom. The molecule has 0 fully saturated rings. The van der Waals surface area contributed by atoms with Crippen LogP contribution in [0.15, 0.2) is 83.2 Å². The van der Waals surface area contributed by atoms with Gasteiger partial charge in [0.15, 0.2) is 4.34 Å². The van der Waals surface area contributed by atoms with E-state index < -0.39 is 11.1 Å². The Hall–Kier alpha value is -3.30. The monoisotopic (exact) mass is 454 g/mol. The van der Waals surface area contributed by atoms with E-state index in [1.807, 2.05) is 30.3 Å². The predicted molar refractivity (Wildman–Crippen MR) is 120 cm³/mol. The largest absolute Gasteiger partial charge is 0.328 e. The summed E-state index contributed by atoms with van der Waals surface area (Å²) in [6.45, 7) is 0. The van der Waals surface area contributed by atoms with E-state index in [4.69, 9.17) is 0 Å². The van der Waals surface area contributed by atoms with Crippen LogP contribution in [0.2, 0.25) is 0 Å². The molecule has 0 aliphatic rings. The van der Waals surface area contributed by atoms with E-state index >= 15 is 0 Å². The summed E-state index contributed by atoms with van der Waals surface area (Å²) in [6, 6.07) is 21.1. The molecule has 2 N–H and O–H groups in total. The Bertz CT molecular complexity index is 1170. The van der Waals surface area contributed by atoms with Crippen molar-refractivity contribution in [2.45, 2.75) is 9.59 Å². The van der Waals surface area contributed by atoms with E-state index in [0.29, 0.717) is 20.8 Å². The van der Waals surface area contributed by atoms with Crippen LogP contribution in [0.1, 0.15) is 10.8 Å². The van der Waals surface area contributed by atoms with Crippen molar-refractivity contribution in [3.8, 4) is 0 Å². The zero-order chi connectivity index (χ0) is 21.6. The number of hydrogen-bond acceptors (Lipinski definition) is 6. The van der Waals surface area contributed by atoms with Crippen LogP contribution in [0.5, 0.6) is 0 Å². The van der Waals surface area contributed by atoms with E-state index in [1.54, 1.807) is 18.2 Å². The fourth-order valence-corrected chi connectivity index (χ4v) is 4.68. The lowest BCUT2D eigenvalue weighted by atomic mass is 10.1. The number of aromatic nitrogens is 2. The van der Waals surface area contributed by atoms with Crippen LogP contribution in [0, 0.1) is 11.6 Å². The summed E-state index contributed by atoms with van der Waals surface area (Å²) in [5.41, 5.74) is 1.57. The molecule has 5 nitrogen and oxygen atoms in total. The second-order valence-corrected chi connectivity index (χ2v) is 8.71. The number of para-hydroxylation sites is 1. The van der Waals surface area contributed by atoms with Gasteiger partial charge in [-0.1, -0.05) is 65.6 Å². The molecule has 3 aromatic carbocycles. The lowest BCUT2D eigenvalue weighted by Gasteiger charge is -2.15. The van der Waals surface area contributed by atoms with Crippen LogP contribution in [0.25, 0.3) is 0 Å². The van der Waals surface area contributed by atoms with Crippen LogP contribution >= 0.6 is 23.1 Å². The molecule has 0 radical (unpaired) electrons. The van der Waals surface area contributed by atoms with Crippen molar-refractivity contribution >= 4 is 45.5 Å². The first-order valence-corrected chi connectivity index (χ1v) is 10.9. The number of nitrogens with zero attached hydrogens (tertiary/aromatic N) is 2. The molecular weight excluding hydrogens is 438 g/mol. The number of benzene rings is 3. The maximum Gasteiger partial charge on any atom is 0.242 e. The van der Waals surface area contributed by atoms with Gasteiger partial charge in [0, 0.05) is 5.69 Å². The minimum Gasteiger partial charge on any atom is -0.328 e. The fraction of sp³-hybridized carbons (Fsp3) is 0.0455. The Balaban J connectivity index is 1.53. The van der Waals surface area contributed by atoms with Gasteiger partial charge < -0.3 is 10.6 Å². The van der Waals surface area contributed by atoms with Gasteiger partial charge in [-0.2, -0.15) is 0 Å². The molecule has 1 heterocycles. The van der Waals surface area contributed by atoms with Gasteiger partial charge in [0.2, 0.25) is 11.0 Å². The van der Waals surface area contributed by atoms with Crippen molar-refractivity contribution in [3.63, 3.8) is 0 Å². The number of hydrogen-bond donors (Lipinski definition) is 2. The number of halogens is 2. The third-order valence-corrected chi connectivity index (χ3v) is 6.37. The molecule has 0 bridgehead atoms. The highest BCUT2D eigenvalue weighted by Crippen LogP contribution is 2.39. The van der Waals surface area contributed by atoms with Crippen molar-refractivity contribution in [3.05, 3.63) is 96.1 Å². The first-order valence-electron chi connectivity index (χ1n) is 9.21. The summed E-state index contributed by atoms with van der Waals surface area (Å²) >= 11 is 2.45. The number of amides is 1. The molecule has 31 heavy (non-hydrogen) atoms. The van der Waals surface area contributed by atoms with E-state index in [-0.39, 0.29) is 11.7 Å². The molecular formula is C22H16F2N4OS2. The van der Waals surface area contributed by atoms with Crippen LogP contribution in [-0.2, 0) is 4.79 Å². The van der Waals surface area contributed by atoms with Gasteiger partial charge in [0.25, 0.3) is 0 Å². The number of rotatable bonds is 7. The van der Waals surface area contributed by atoms with E-state index in [9.17, 15) is 13.6 Å². The van der Waals surface area contributed by atoms with Gasteiger partial charge in [-0.15, -0.1) is 10.2 Å². The number of nitrogens with one attached hydrogen (secondary N) is 2. The van der Waals surface area contributed by atoms with Crippen LogP contribution in [-0.4, -0.2) is 16.1 Å². The summed E-state index contributed by atoms with van der Waals surface area (Å²) in [5, 5.41) is 13.7. The van der Waals surface area contributed by atoms with Crippen LogP contribution < -0.4 is 10.6 Å². The van der Waals surface area contributed by atoms with Gasteiger partial charge in [0.05, 0.1) is 5.69 Å². The first-order chi connectivity index (χ1) is 15.1. The van der Waals surface area contributed by atoms with Crippen molar-refractivity contribution in [2.75, 3.05) is 10.6 Å². The average Bonchev–Trinajstić information content (AvgIpc) is 3.23. The standard InChI is InChI=1S/C22H16F2N4OS2/c23-15-10-12-16(13-11-15)25-20(29)19(14-6-2-1-3-7-14)30-22-28-27-21(31-22)26-18-9-5-4-8-17(18)24/h1-13,19H,(H,25,29)(H,26,27). The number of carbonyl (C=O) groups excluding carboxylic acids is 1. The lowest BCUT2D eigenvalue weighted by Crippen LogP contribution is -2.19. The van der Waals surface area contributed by atoms with Gasteiger partial charge in [-0.3, -0.25) is 4.79 Å². The predicted octanol–water partition coefficient (Wildman–Crippen LogP) is 6.03.